The predicted molar refractivity (Wildman–Crippen MR) is 136 cm³/mol. The lowest BCUT2D eigenvalue weighted by atomic mass is 10.1. The number of alkyl halides is 3. The number of carbonyl (C=O) groups excluding carboxylic acids is 1. The van der Waals surface area contributed by atoms with Gasteiger partial charge in [0, 0.05) is 45.1 Å². The molecular weight excluding hydrogens is 541 g/mol. The minimum absolute atomic E-state index is 0.143. The van der Waals surface area contributed by atoms with Crippen molar-refractivity contribution in [1.82, 2.24) is 28.8 Å². The van der Waals surface area contributed by atoms with Crippen LogP contribution in [0.3, 0.4) is 0 Å². The van der Waals surface area contributed by atoms with E-state index in [1.807, 2.05) is 11.8 Å². The third-order valence-electron chi connectivity index (χ3n) is 6.80. The smallest absolute Gasteiger partial charge is 0.384 e. The second-order valence-electron chi connectivity index (χ2n) is 9.54. The maximum Gasteiger partial charge on any atom is 0.417 e. The first kappa shape index (κ1) is 27.1. The molecule has 0 bridgehead atoms. The summed E-state index contributed by atoms with van der Waals surface area (Å²) in [4.78, 5) is 25.1. The fraction of sp³-hybridized carbons (Fsp3) is 0.478. The second-order valence-corrected chi connectivity index (χ2v) is 11.5. The molecule has 0 aromatic carbocycles. The van der Waals surface area contributed by atoms with E-state index in [0.29, 0.717) is 31.1 Å². The van der Waals surface area contributed by atoms with Crippen molar-refractivity contribution in [2.75, 3.05) is 62.8 Å². The van der Waals surface area contributed by atoms with Gasteiger partial charge >= 0.3 is 6.18 Å². The maximum atomic E-state index is 13.9. The van der Waals surface area contributed by atoms with Crippen LogP contribution in [0.25, 0.3) is 16.9 Å². The Hall–Kier alpha value is -3.50. The molecule has 0 aliphatic carbocycles. The van der Waals surface area contributed by atoms with Crippen LogP contribution in [-0.4, -0.2) is 101 Å². The Morgan fingerprint density at radius 1 is 1.15 bits per heavy atom. The topological polar surface area (TPSA) is 139 Å². The summed E-state index contributed by atoms with van der Waals surface area (Å²) < 4.78 is 73.5. The van der Waals surface area contributed by atoms with E-state index in [0.717, 1.165) is 18.5 Å². The highest BCUT2D eigenvalue weighted by molar-refractivity contribution is 7.88. The highest BCUT2D eigenvalue weighted by atomic mass is 32.2. The zero-order chi connectivity index (χ0) is 28.1. The van der Waals surface area contributed by atoms with E-state index >= 15 is 0 Å². The molecule has 3 aromatic heterocycles. The van der Waals surface area contributed by atoms with Crippen molar-refractivity contribution >= 4 is 33.1 Å². The van der Waals surface area contributed by atoms with Gasteiger partial charge in [0.2, 0.25) is 10.0 Å². The molecule has 2 aliphatic rings. The molecule has 12 nitrogen and oxygen atoms in total. The van der Waals surface area contributed by atoms with E-state index in [1.165, 1.54) is 19.9 Å². The number of amides is 1. The molecule has 16 heteroatoms. The van der Waals surface area contributed by atoms with Crippen molar-refractivity contribution in [2.24, 2.45) is 0 Å². The number of nitrogens with zero attached hydrogens (tertiary/aromatic N) is 7. The highest BCUT2D eigenvalue weighted by Crippen LogP contribution is 2.37. The molecule has 39 heavy (non-hydrogen) atoms. The van der Waals surface area contributed by atoms with E-state index in [9.17, 15) is 26.4 Å². The zero-order valence-electron chi connectivity index (χ0n) is 21.2. The summed E-state index contributed by atoms with van der Waals surface area (Å²) in [5.74, 6) is -0.519. The van der Waals surface area contributed by atoms with Crippen LogP contribution in [-0.2, 0) is 20.9 Å². The van der Waals surface area contributed by atoms with E-state index < -0.39 is 21.8 Å². The van der Waals surface area contributed by atoms with Crippen molar-refractivity contribution in [3.63, 3.8) is 0 Å². The number of hydrogen-bond donors (Lipinski definition) is 1. The molecule has 1 amide bonds. The van der Waals surface area contributed by atoms with Crippen LogP contribution in [0.1, 0.15) is 22.8 Å². The lowest BCUT2D eigenvalue weighted by Gasteiger charge is -2.34. The van der Waals surface area contributed by atoms with Crippen molar-refractivity contribution < 1.29 is 31.1 Å². The van der Waals surface area contributed by atoms with Crippen LogP contribution in [0.5, 0.6) is 0 Å². The third-order valence-corrected chi connectivity index (χ3v) is 8.10. The number of fused-ring (bicyclic) bond motifs is 1. The van der Waals surface area contributed by atoms with Crippen LogP contribution in [0.2, 0.25) is 0 Å². The lowest BCUT2D eigenvalue weighted by molar-refractivity contribution is -0.137. The lowest BCUT2D eigenvalue weighted by Crippen LogP contribution is -2.50. The summed E-state index contributed by atoms with van der Waals surface area (Å²) in [5.41, 5.74) is 4.85. The zero-order valence-corrected chi connectivity index (χ0v) is 22.0. The van der Waals surface area contributed by atoms with Crippen molar-refractivity contribution in [3.8, 4) is 11.4 Å². The Labute approximate surface area is 222 Å². The van der Waals surface area contributed by atoms with Gasteiger partial charge in [-0.1, -0.05) is 0 Å². The van der Waals surface area contributed by atoms with Gasteiger partial charge in [0.25, 0.3) is 5.91 Å². The number of ether oxygens (including phenoxy) is 1. The largest absolute Gasteiger partial charge is 0.417 e. The van der Waals surface area contributed by atoms with Crippen molar-refractivity contribution in [1.29, 1.82) is 0 Å². The van der Waals surface area contributed by atoms with Gasteiger partial charge in [-0.05, 0) is 19.1 Å². The monoisotopic (exact) mass is 568 g/mol. The quantitative estimate of drug-likeness (QED) is 0.494. The molecule has 1 atom stereocenters. The molecular formula is C23H27F3N8O4S. The molecule has 2 saturated heterocycles. The minimum atomic E-state index is -4.73. The minimum Gasteiger partial charge on any atom is -0.384 e. The summed E-state index contributed by atoms with van der Waals surface area (Å²) in [6, 6.07) is 2.19. The maximum absolute atomic E-state index is 13.9. The number of pyridine rings is 1. The first-order chi connectivity index (χ1) is 18.3. The Balaban J connectivity index is 1.59. The molecule has 2 aliphatic heterocycles. The molecule has 5 heterocycles. The van der Waals surface area contributed by atoms with Crippen LogP contribution in [0, 0.1) is 0 Å². The van der Waals surface area contributed by atoms with Crippen LogP contribution in [0.4, 0.5) is 24.8 Å². The van der Waals surface area contributed by atoms with Gasteiger partial charge in [0.05, 0.1) is 42.2 Å². The number of hydrogen-bond acceptors (Lipinski definition) is 9. The molecule has 0 unspecified atom stereocenters. The van der Waals surface area contributed by atoms with Gasteiger partial charge in [-0.25, -0.2) is 22.9 Å². The Bertz CT molecular complexity index is 1520. The van der Waals surface area contributed by atoms with E-state index in [2.05, 4.69) is 15.1 Å². The van der Waals surface area contributed by atoms with Gasteiger partial charge in [0.1, 0.15) is 11.3 Å². The number of nitrogen functional groups attached to an aromatic ring is 1. The third kappa shape index (κ3) is 5.35. The molecule has 0 radical (unpaired) electrons. The van der Waals surface area contributed by atoms with Gasteiger partial charge in [-0.3, -0.25) is 4.79 Å². The molecule has 3 aromatic rings. The van der Waals surface area contributed by atoms with Crippen molar-refractivity contribution in [3.05, 3.63) is 35.7 Å². The Morgan fingerprint density at radius 3 is 2.51 bits per heavy atom. The number of rotatable bonds is 4. The van der Waals surface area contributed by atoms with Crippen molar-refractivity contribution in [2.45, 2.75) is 19.1 Å². The van der Waals surface area contributed by atoms with Gasteiger partial charge < -0.3 is 20.3 Å². The van der Waals surface area contributed by atoms with Gasteiger partial charge in [0.15, 0.2) is 11.6 Å². The fourth-order valence-corrected chi connectivity index (χ4v) is 5.58. The molecule has 0 spiro atoms. The average Bonchev–Trinajstić information content (AvgIpc) is 3.31. The fourth-order valence-electron chi connectivity index (χ4n) is 4.76. The van der Waals surface area contributed by atoms with Crippen LogP contribution < -0.4 is 10.6 Å². The Kier molecular flexibility index (Phi) is 6.88. The molecule has 5 rings (SSSR count). The summed E-state index contributed by atoms with van der Waals surface area (Å²) in [5, 5.41) is 4.33. The van der Waals surface area contributed by atoms with Crippen LogP contribution >= 0.6 is 0 Å². The average molecular weight is 569 g/mol. The normalized spacial score (nSPS) is 19.6. The predicted octanol–water partition coefficient (Wildman–Crippen LogP) is 1.33. The number of nitrogens with two attached hydrogens (primary N) is 1. The molecule has 2 N–H and O–H groups in total. The summed E-state index contributed by atoms with van der Waals surface area (Å²) in [6.07, 6.45) is -1.18. The van der Waals surface area contributed by atoms with Gasteiger partial charge in [-0.15, -0.1) is 5.10 Å². The van der Waals surface area contributed by atoms with Gasteiger partial charge in [-0.2, -0.15) is 17.5 Å². The van der Waals surface area contributed by atoms with Crippen LogP contribution in [0.15, 0.2) is 24.5 Å². The van der Waals surface area contributed by atoms with E-state index in [1.54, 1.807) is 6.07 Å². The highest BCUT2D eigenvalue weighted by Gasteiger charge is 2.36. The number of aromatic nitrogens is 4. The molecule has 2 fully saturated rings. The molecule has 0 saturated carbocycles. The number of anilines is 2. The Morgan fingerprint density at radius 2 is 1.87 bits per heavy atom. The number of morpholine rings is 1. The number of carbonyl (C=O) groups is 1. The first-order valence-electron chi connectivity index (χ1n) is 12.1. The SMILES string of the molecule is C[C@H]1COCCN1c1nc(-c2cnc(N)cc2C(F)(F)F)nn2cc(C(=O)N3CCN(S(C)(=O)=O)CC3)cc12. The second kappa shape index (κ2) is 9.91. The molecule has 210 valence electrons. The summed E-state index contributed by atoms with van der Waals surface area (Å²) in [6.45, 7) is 3.86. The van der Waals surface area contributed by atoms with E-state index in [4.69, 9.17) is 10.5 Å². The first-order valence-corrected chi connectivity index (χ1v) is 14.0. The van der Waals surface area contributed by atoms with E-state index in [-0.39, 0.29) is 60.9 Å². The number of sulfonamides is 1. The standard InChI is InChI=1S/C23H27F3N8O4S/c1-14-13-38-8-7-33(14)21-18-9-15(22(35)31-3-5-32(6-4-31)39(2,36)37)12-34(18)30-20(29-21)16-11-28-19(27)10-17(16)23(24,25)26/h9-12,14H,3-8,13H2,1-2H3,(H2,27,28)/t14-/m0/s1. The summed E-state index contributed by atoms with van der Waals surface area (Å²) >= 11 is 0. The number of halogens is 3. The number of piperazine rings is 1. The summed E-state index contributed by atoms with van der Waals surface area (Å²) in [7, 11) is -3.37.